The van der Waals surface area contributed by atoms with Crippen LogP contribution in [-0.4, -0.2) is 60.9 Å². The summed E-state index contributed by atoms with van der Waals surface area (Å²) in [5, 5.41) is 22.6. The monoisotopic (exact) mass is 483 g/mol. The molecule has 0 bridgehead atoms. The second-order valence-electron chi connectivity index (χ2n) is 6.52. The summed E-state index contributed by atoms with van der Waals surface area (Å²) in [5.41, 5.74) is 6.61. The second-order valence-corrected chi connectivity index (χ2v) is 11.0. The summed E-state index contributed by atoms with van der Waals surface area (Å²) in [6.07, 6.45) is 0. The number of fused-ring (bicyclic) bond motifs is 1. The maximum Gasteiger partial charge on any atom is 0.352 e. The van der Waals surface area contributed by atoms with E-state index in [-0.39, 0.29) is 5.70 Å². The molecule has 9 nitrogen and oxygen atoms in total. The number of β-lactam (4-membered cyclic amide) rings is 1. The lowest BCUT2D eigenvalue weighted by Gasteiger charge is -2.49. The van der Waals surface area contributed by atoms with E-state index >= 15 is 0 Å². The Hall–Kier alpha value is -1.93. The van der Waals surface area contributed by atoms with Gasteiger partial charge in [-0.1, -0.05) is 29.2 Å². The smallest absolute Gasteiger partial charge is 0.352 e. The van der Waals surface area contributed by atoms with Crippen molar-refractivity contribution in [3.63, 3.8) is 0 Å². The van der Waals surface area contributed by atoms with E-state index in [1.54, 1.807) is 12.1 Å². The van der Waals surface area contributed by atoms with Crippen LogP contribution in [0.5, 0.6) is 0 Å². The molecule has 4 heterocycles. The van der Waals surface area contributed by atoms with Gasteiger partial charge in [-0.15, -0.1) is 33.3 Å². The number of nitrogens with zero attached hydrogens (tertiary/aromatic N) is 3. The normalized spacial score (nSPS) is 21.8. The van der Waals surface area contributed by atoms with Gasteiger partial charge in [0.25, 0.3) is 5.91 Å². The lowest BCUT2D eigenvalue weighted by molar-refractivity contribution is -0.150. The van der Waals surface area contributed by atoms with Crippen LogP contribution in [0.25, 0.3) is 0 Å². The van der Waals surface area contributed by atoms with Crippen LogP contribution in [0.2, 0.25) is 0 Å². The van der Waals surface area contributed by atoms with Crippen LogP contribution < -0.4 is 11.1 Å². The van der Waals surface area contributed by atoms with Gasteiger partial charge in [0, 0.05) is 16.4 Å². The van der Waals surface area contributed by atoms with Gasteiger partial charge in [0.05, 0.1) is 0 Å². The largest absolute Gasteiger partial charge is 0.477 e. The van der Waals surface area contributed by atoms with Crippen molar-refractivity contribution in [2.24, 2.45) is 5.73 Å². The number of aliphatic carboxylic acids is 1. The summed E-state index contributed by atoms with van der Waals surface area (Å²) in [7, 11) is 0. The van der Waals surface area contributed by atoms with E-state index in [9.17, 15) is 19.5 Å². The molecule has 4 N–H and O–H groups in total. The molecule has 0 spiro atoms. The van der Waals surface area contributed by atoms with Gasteiger partial charge >= 0.3 is 5.97 Å². The standard InChI is InChI=1S/C17H17N5O4S4/c1-7-20-21-17(30-7)29-6-8-5-28-15-11(14(24)22(15)12(8)16(25)26)19-13(23)10(18)9-3-2-4-27-9/h2-4,10-11,15H,5-6,18H2,1H3,(H,19,23)(H,25,26)/t10?,11-,15?/m0/s1. The number of hydrogen-bond donors (Lipinski definition) is 3. The molecule has 0 aromatic carbocycles. The number of nitrogens with one attached hydrogen (secondary N) is 1. The van der Waals surface area contributed by atoms with Gasteiger partial charge in [-0.25, -0.2) is 4.79 Å². The highest BCUT2D eigenvalue weighted by atomic mass is 32.2. The van der Waals surface area contributed by atoms with Crippen LogP contribution in [0.4, 0.5) is 0 Å². The van der Waals surface area contributed by atoms with Gasteiger partial charge in [0.1, 0.15) is 28.2 Å². The van der Waals surface area contributed by atoms with E-state index in [0.29, 0.717) is 22.0 Å². The fourth-order valence-electron chi connectivity index (χ4n) is 3.12. The first-order valence-electron chi connectivity index (χ1n) is 8.79. The molecule has 2 unspecified atom stereocenters. The van der Waals surface area contributed by atoms with E-state index in [1.165, 1.54) is 51.1 Å². The Kier molecular flexibility index (Phi) is 6.16. The van der Waals surface area contributed by atoms with Crippen LogP contribution >= 0.6 is 46.2 Å². The third-order valence-corrected chi connectivity index (χ3v) is 8.91. The van der Waals surface area contributed by atoms with Crippen molar-refractivity contribution in [3.05, 3.63) is 38.7 Å². The number of aromatic nitrogens is 2. The first-order chi connectivity index (χ1) is 14.4. The van der Waals surface area contributed by atoms with Crippen molar-refractivity contribution in [1.29, 1.82) is 0 Å². The highest BCUT2D eigenvalue weighted by Gasteiger charge is 2.54. The quantitative estimate of drug-likeness (QED) is 0.394. The Morgan fingerprint density at radius 3 is 2.90 bits per heavy atom. The molecule has 0 aliphatic carbocycles. The van der Waals surface area contributed by atoms with Crippen molar-refractivity contribution in [2.45, 2.75) is 28.7 Å². The first kappa shape index (κ1) is 21.3. The number of rotatable bonds is 7. The summed E-state index contributed by atoms with van der Waals surface area (Å²) in [4.78, 5) is 39.0. The van der Waals surface area contributed by atoms with Gasteiger partial charge < -0.3 is 16.2 Å². The Morgan fingerprint density at radius 2 is 2.27 bits per heavy atom. The molecule has 1 fully saturated rings. The number of carboxylic acid groups (broad SMARTS) is 1. The number of thioether (sulfide) groups is 2. The molecular weight excluding hydrogens is 466 g/mol. The van der Waals surface area contributed by atoms with Crippen molar-refractivity contribution in [3.8, 4) is 0 Å². The third-order valence-electron chi connectivity index (χ3n) is 4.56. The van der Waals surface area contributed by atoms with Crippen LogP contribution in [0.1, 0.15) is 15.9 Å². The average Bonchev–Trinajstić information content (AvgIpc) is 3.40. The maximum atomic E-state index is 12.7. The number of thiophene rings is 1. The van der Waals surface area contributed by atoms with Crippen molar-refractivity contribution < 1.29 is 19.5 Å². The summed E-state index contributed by atoms with van der Waals surface area (Å²) in [6, 6.07) is 1.90. The highest BCUT2D eigenvalue weighted by Crippen LogP contribution is 2.42. The molecule has 0 radical (unpaired) electrons. The Labute approximate surface area is 188 Å². The number of carbonyl (C=O) groups is 3. The summed E-state index contributed by atoms with van der Waals surface area (Å²) >= 11 is 5.63. The molecule has 30 heavy (non-hydrogen) atoms. The Bertz CT molecular complexity index is 1020. The second kappa shape index (κ2) is 8.67. The summed E-state index contributed by atoms with van der Waals surface area (Å²) in [6.45, 7) is 1.85. The minimum absolute atomic E-state index is 0.00876. The van der Waals surface area contributed by atoms with E-state index in [1.807, 2.05) is 12.3 Å². The molecule has 2 aromatic heterocycles. The predicted molar refractivity (Wildman–Crippen MR) is 116 cm³/mol. The topological polar surface area (TPSA) is 139 Å². The van der Waals surface area contributed by atoms with Crippen molar-refractivity contribution >= 4 is 64.0 Å². The molecule has 2 aliphatic heterocycles. The SMILES string of the molecule is Cc1nnc(SCC2=C(C(=O)O)N3C(=O)[C@H](NC(=O)C(N)c4cccs4)C3SC2)s1. The van der Waals surface area contributed by atoms with Crippen LogP contribution in [-0.2, 0) is 14.4 Å². The van der Waals surface area contributed by atoms with Gasteiger partial charge in [0.15, 0.2) is 4.34 Å². The van der Waals surface area contributed by atoms with E-state index in [2.05, 4.69) is 15.5 Å². The number of carboxylic acids is 1. The minimum Gasteiger partial charge on any atom is -0.477 e. The number of hydrogen-bond acceptors (Lipinski definition) is 10. The van der Waals surface area contributed by atoms with Crippen LogP contribution in [0, 0.1) is 6.92 Å². The fraction of sp³-hybridized carbons (Fsp3) is 0.353. The zero-order valence-electron chi connectivity index (χ0n) is 15.6. The molecule has 4 rings (SSSR count). The maximum absolute atomic E-state index is 12.7. The van der Waals surface area contributed by atoms with E-state index < -0.39 is 35.2 Å². The van der Waals surface area contributed by atoms with Gasteiger partial charge in [-0.3, -0.25) is 14.5 Å². The molecule has 3 atom stereocenters. The number of nitrogens with two attached hydrogens (primary N) is 1. The number of amides is 2. The zero-order chi connectivity index (χ0) is 21.4. The molecule has 2 aromatic rings. The van der Waals surface area contributed by atoms with Crippen LogP contribution in [0.15, 0.2) is 33.1 Å². The highest BCUT2D eigenvalue weighted by molar-refractivity contribution is 8.01. The molecule has 13 heteroatoms. The number of aryl methyl sites for hydroxylation is 1. The zero-order valence-corrected chi connectivity index (χ0v) is 18.9. The molecule has 2 amide bonds. The molecule has 1 saturated heterocycles. The van der Waals surface area contributed by atoms with Crippen LogP contribution in [0.3, 0.4) is 0 Å². The fourth-order valence-corrected chi connectivity index (χ4v) is 7.15. The van der Waals surface area contributed by atoms with Crippen molar-refractivity contribution in [2.75, 3.05) is 11.5 Å². The van der Waals surface area contributed by atoms with E-state index in [4.69, 9.17) is 5.73 Å². The van der Waals surface area contributed by atoms with Gasteiger partial charge in [-0.05, 0) is 23.9 Å². The van der Waals surface area contributed by atoms with Gasteiger partial charge in [-0.2, -0.15) is 0 Å². The Balaban J connectivity index is 1.46. The lowest BCUT2D eigenvalue weighted by atomic mass is 10.0. The summed E-state index contributed by atoms with van der Waals surface area (Å²) < 4.78 is 0.750. The van der Waals surface area contributed by atoms with Gasteiger partial charge in [0.2, 0.25) is 5.91 Å². The van der Waals surface area contributed by atoms with Crippen molar-refractivity contribution in [1.82, 2.24) is 20.4 Å². The van der Waals surface area contributed by atoms with E-state index in [0.717, 1.165) is 9.35 Å². The first-order valence-corrected chi connectivity index (χ1v) is 12.5. The number of carbonyl (C=O) groups excluding carboxylic acids is 2. The molecular formula is C17H17N5O4S4. The Morgan fingerprint density at radius 1 is 1.47 bits per heavy atom. The minimum atomic E-state index is -1.15. The average molecular weight is 484 g/mol. The molecule has 0 saturated carbocycles. The molecule has 2 aliphatic rings. The predicted octanol–water partition coefficient (Wildman–Crippen LogP) is 1.44. The molecule has 158 valence electrons. The summed E-state index contributed by atoms with van der Waals surface area (Å²) in [5.74, 6) is -1.20. The lowest BCUT2D eigenvalue weighted by Crippen LogP contribution is -2.71. The third kappa shape index (κ3) is 3.99.